The molecule has 0 aromatic carbocycles. The number of nitrogens with one attached hydrogen (secondary N) is 1. The standard InChI is InChI=1S/C17H29N3O5/c1-18-14(21)10-17(24-2)12-20(8-9-25-13-17)16(23)11-19-7-5-3-4-6-15(19)22/h3-13H2,1-2H3,(H,18,21)/t17-/m1/s1. The summed E-state index contributed by atoms with van der Waals surface area (Å²) in [6.45, 7) is 2.06. The van der Waals surface area contributed by atoms with E-state index in [9.17, 15) is 14.4 Å². The van der Waals surface area contributed by atoms with Crippen molar-refractivity contribution in [2.24, 2.45) is 0 Å². The molecule has 2 aliphatic rings. The molecule has 0 bridgehead atoms. The first-order chi connectivity index (χ1) is 12.0. The van der Waals surface area contributed by atoms with Crippen molar-refractivity contribution in [1.82, 2.24) is 15.1 Å². The van der Waals surface area contributed by atoms with E-state index in [1.807, 2.05) is 0 Å². The number of rotatable bonds is 5. The Morgan fingerprint density at radius 2 is 2.08 bits per heavy atom. The molecule has 1 N–H and O–H groups in total. The van der Waals surface area contributed by atoms with Gasteiger partial charge in [0.15, 0.2) is 0 Å². The van der Waals surface area contributed by atoms with Crippen molar-refractivity contribution >= 4 is 17.7 Å². The molecule has 25 heavy (non-hydrogen) atoms. The summed E-state index contributed by atoms with van der Waals surface area (Å²) in [4.78, 5) is 40.0. The Labute approximate surface area is 148 Å². The Morgan fingerprint density at radius 3 is 2.80 bits per heavy atom. The van der Waals surface area contributed by atoms with E-state index in [4.69, 9.17) is 9.47 Å². The van der Waals surface area contributed by atoms with Crippen LogP contribution < -0.4 is 5.32 Å². The molecule has 0 radical (unpaired) electrons. The maximum atomic E-state index is 12.8. The first kappa shape index (κ1) is 19.7. The zero-order chi connectivity index (χ0) is 18.3. The van der Waals surface area contributed by atoms with Crippen molar-refractivity contribution in [1.29, 1.82) is 0 Å². The number of hydrogen-bond acceptors (Lipinski definition) is 5. The van der Waals surface area contributed by atoms with E-state index in [2.05, 4.69) is 5.32 Å². The molecule has 1 atom stereocenters. The van der Waals surface area contributed by atoms with Gasteiger partial charge in [-0.15, -0.1) is 0 Å². The van der Waals surface area contributed by atoms with Crippen LogP contribution >= 0.6 is 0 Å². The summed E-state index contributed by atoms with van der Waals surface area (Å²) in [5, 5.41) is 2.58. The molecule has 2 rings (SSSR count). The lowest BCUT2D eigenvalue weighted by atomic mass is 9.99. The van der Waals surface area contributed by atoms with Crippen LogP contribution in [0.4, 0.5) is 0 Å². The maximum absolute atomic E-state index is 12.8. The lowest BCUT2D eigenvalue weighted by Gasteiger charge is -2.34. The molecule has 2 aliphatic heterocycles. The second kappa shape index (κ2) is 9.15. The molecule has 8 nitrogen and oxygen atoms in total. The predicted octanol–water partition coefficient (Wildman–Crippen LogP) is -0.231. The second-order valence-corrected chi connectivity index (χ2v) is 6.73. The van der Waals surface area contributed by atoms with Gasteiger partial charge in [-0.25, -0.2) is 0 Å². The Morgan fingerprint density at radius 1 is 1.28 bits per heavy atom. The summed E-state index contributed by atoms with van der Waals surface area (Å²) >= 11 is 0. The van der Waals surface area contributed by atoms with E-state index in [1.165, 1.54) is 7.11 Å². The molecule has 0 unspecified atom stereocenters. The highest BCUT2D eigenvalue weighted by Crippen LogP contribution is 2.21. The van der Waals surface area contributed by atoms with Gasteiger partial charge in [-0.05, 0) is 12.8 Å². The van der Waals surface area contributed by atoms with Gasteiger partial charge in [-0.1, -0.05) is 6.42 Å². The molecular formula is C17H29N3O5. The van der Waals surface area contributed by atoms with Gasteiger partial charge in [0.1, 0.15) is 5.60 Å². The fourth-order valence-electron chi connectivity index (χ4n) is 3.27. The molecule has 0 saturated carbocycles. The molecule has 0 aliphatic carbocycles. The van der Waals surface area contributed by atoms with E-state index in [0.29, 0.717) is 26.1 Å². The van der Waals surface area contributed by atoms with Gasteiger partial charge >= 0.3 is 0 Å². The molecule has 3 amide bonds. The summed E-state index contributed by atoms with van der Waals surface area (Å²) in [7, 11) is 3.09. The van der Waals surface area contributed by atoms with Crippen LogP contribution in [0.3, 0.4) is 0 Å². The van der Waals surface area contributed by atoms with E-state index in [-0.39, 0.29) is 43.8 Å². The number of likely N-dealkylation sites (tertiary alicyclic amines) is 1. The SMILES string of the molecule is CNC(=O)C[C@]1(OC)COCCN(C(=O)CN2CCCCCC2=O)C1. The number of ether oxygens (including phenoxy) is 2. The summed E-state index contributed by atoms with van der Waals surface area (Å²) in [6.07, 6.45) is 3.47. The summed E-state index contributed by atoms with van der Waals surface area (Å²) < 4.78 is 11.2. The second-order valence-electron chi connectivity index (χ2n) is 6.73. The van der Waals surface area contributed by atoms with Crippen LogP contribution in [0.1, 0.15) is 32.1 Å². The molecule has 0 spiro atoms. The minimum absolute atomic E-state index is 0.0419. The van der Waals surface area contributed by atoms with Crippen LogP contribution in [0.25, 0.3) is 0 Å². The first-order valence-electron chi connectivity index (χ1n) is 8.89. The smallest absolute Gasteiger partial charge is 0.242 e. The highest BCUT2D eigenvalue weighted by atomic mass is 16.5. The van der Waals surface area contributed by atoms with E-state index in [1.54, 1.807) is 16.8 Å². The van der Waals surface area contributed by atoms with Crippen LogP contribution in [0, 0.1) is 0 Å². The van der Waals surface area contributed by atoms with Gasteiger partial charge < -0.3 is 24.6 Å². The average molecular weight is 355 g/mol. The third kappa shape index (κ3) is 5.40. The van der Waals surface area contributed by atoms with Gasteiger partial charge in [0.05, 0.1) is 32.7 Å². The number of nitrogens with zero attached hydrogens (tertiary/aromatic N) is 2. The monoisotopic (exact) mass is 355 g/mol. The molecule has 0 aromatic rings. The predicted molar refractivity (Wildman–Crippen MR) is 90.9 cm³/mol. The van der Waals surface area contributed by atoms with E-state index in [0.717, 1.165) is 19.3 Å². The minimum atomic E-state index is -0.866. The molecule has 2 saturated heterocycles. The molecule has 0 aromatic heterocycles. The Kier molecular flexibility index (Phi) is 7.19. The van der Waals surface area contributed by atoms with Crippen molar-refractivity contribution in [3.8, 4) is 0 Å². The fourth-order valence-corrected chi connectivity index (χ4v) is 3.27. The van der Waals surface area contributed by atoms with Crippen molar-refractivity contribution in [2.45, 2.75) is 37.7 Å². The minimum Gasteiger partial charge on any atom is -0.377 e. The molecule has 2 heterocycles. The van der Waals surface area contributed by atoms with Crippen LogP contribution in [0.15, 0.2) is 0 Å². The van der Waals surface area contributed by atoms with Crippen molar-refractivity contribution in [3.63, 3.8) is 0 Å². The average Bonchev–Trinajstić information content (AvgIpc) is 2.94. The Balaban J connectivity index is 2.04. The van der Waals surface area contributed by atoms with Gasteiger partial charge in [-0.3, -0.25) is 14.4 Å². The van der Waals surface area contributed by atoms with E-state index < -0.39 is 5.60 Å². The number of hydrogen-bond donors (Lipinski definition) is 1. The molecule has 8 heteroatoms. The van der Waals surface area contributed by atoms with Crippen LogP contribution in [0.5, 0.6) is 0 Å². The van der Waals surface area contributed by atoms with Gasteiger partial charge in [0.25, 0.3) is 0 Å². The summed E-state index contributed by atoms with van der Waals surface area (Å²) in [6, 6.07) is 0. The zero-order valence-corrected chi connectivity index (χ0v) is 15.2. The third-order valence-corrected chi connectivity index (χ3v) is 4.89. The van der Waals surface area contributed by atoms with Crippen molar-refractivity contribution < 1.29 is 23.9 Å². The number of carbonyl (C=O) groups excluding carboxylic acids is 3. The fraction of sp³-hybridized carbons (Fsp3) is 0.824. The molecule has 142 valence electrons. The summed E-state index contributed by atoms with van der Waals surface area (Å²) in [5.41, 5.74) is -0.866. The van der Waals surface area contributed by atoms with Gasteiger partial charge in [-0.2, -0.15) is 0 Å². The van der Waals surface area contributed by atoms with Gasteiger partial charge in [0, 0.05) is 33.7 Å². The number of methoxy groups -OCH3 is 1. The topological polar surface area (TPSA) is 88.2 Å². The summed E-state index contributed by atoms with van der Waals surface area (Å²) in [5.74, 6) is -0.248. The van der Waals surface area contributed by atoms with Gasteiger partial charge in [0.2, 0.25) is 17.7 Å². The van der Waals surface area contributed by atoms with Crippen molar-refractivity contribution in [2.75, 3.05) is 53.6 Å². The molecule has 2 fully saturated rings. The lowest BCUT2D eigenvalue weighted by Crippen LogP contribution is -2.52. The Bertz CT molecular complexity index is 499. The molecular weight excluding hydrogens is 326 g/mol. The normalized spacial score (nSPS) is 25.3. The third-order valence-electron chi connectivity index (χ3n) is 4.89. The largest absolute Gasteiger partial charge is 0.377 e. The highest BCUT2D eigenvalue weighted by Gasteiger charge is 2.38. The van der Waals surface area contributed by atoms with Crippen molar-refractivity contribution in [3.05, 3.63) is 0 Å². The van der Waals surface area contributed by atoms with E-state index >= 15 is 0 Å². The number of amides is 3. The Hall–Kier alpha value is -1.67. The van der Waals surface area contributed by atoms with Crippen LogP contribution in [-0.2, 0) is 23.9 Å². The number of carbonyl (C=O) groups is 3. The quantitative estimate of drug-likeness (QED) is 0.736. The zero-order valence-electron chi connectivity index (χ0n) is 15.2. The first-order valence-corrected chi connectivity index (χ1v) is 8.89. The van der Waals surface area contributed by atoms with Crippen LogP contribution in [-0.4, -0.2) is 86.7 Å². The lowest BCUT2D eigenvalue weighted by molar-refractivity contribution is -0.144. The maximum Gasteiger partial charge on any atom is 0.242 e. The highest BCUT2D eigenvalue weighted by molar-refractivity contribution is 5.85. The van der Waals surface area contributed by atoms with Crippen LogP contribution in [0.2, 0.25) is 0 Å².